The van der Waals surface area contributed by atoms with Gasteiger partial charge >= 0.3 is 5.69 Å². The summed E-state index contributed by atoms with van der Waals surface area (Å²) in [5, 5.41) is 17.7. The number of methoxy groups -OCH3 is 1. The van der Waals surface area contributed by atoms with Crippen molar-refractivity contribution in [2.45, 2.75) is 44.4 Å². The molecule has 3 unspecified atom stereocenters. The van der Waals surface area contributed by atoms with Crippen molar-refractivity contribution >= 4 is 23.2 Å². The predicted molar refractivity (Wildman–Crippen MR) is 176 cm³/mol. The van der Waals surface area contributed by atoms with Gasteiger partial charge in [0.25, 0.3) is 11.5 Å². The number of hydrogen-bond acceptors (Lipinski definition) is 8. The lowest BCUT2D eigenvalue weighted by Gasteiger charge is -2.21. The minimum absolute atomic E-state index is 0.132. The maximum Gasteiger partial charge on any atom is 0.330 e. The number of nitrogens with one attached hydrogen (secondary N) is 2. The van der Waals surface area contributed by atoms with E-state index in [4.69, 9.17) is 26.1 Å². The molecule has 0 saturated carbocycles. The molecule has 3 heterocycles. The SMILES string of the molecule is COc1nc(-c2cccc(-c3cccc(NC(=O)c4cn(C)c(=O)n(C)c4=O)c3C)c2Cl)cc2c1C(NCC1CCCO1)C(O)C2. The van der Waals surface area contributed by atoms with Crippen molar-refractivity contribution in [3.8, 4) is 28.3 Å². The molecule has 1 saturated heterocycles. The van der Waals surface area contributed by atoms with Crippen LogP contribution in [-0.2, 0) is 25.3 Å². The average molecular weight is 646 g/mol. The van der Waals surface area contributed by atoms with Crippen molar-refractivity contribution in [3.63, 3.8) is 0 Å². The van der Waals surface area contributed by atoms with Gasteiger partial charge in [-0.3, -0.25) is 14.2 Å². The normalized spacial score (nSPS) is 18.9. The Morgan fingerprint density at radius 3 is 2.63 bits per heavy atom. The molecule has 4 aromatic rings. The number of ether oxygens (including phenoxy) is 2. The van der Waals surface area contributed by atoms with Gasteiger partial charge in [-0.15, -0.1) is 0 Å². The molecule has 240 valence electrons. The molecule has 2 aliphatic rings. The molecule has 2 aromatic carbocycles. The number of pyridine rings is 1. The highest BCUT2D eigenvalue weighted by atomic mass is 35.5. The van der Waals surface area contributed by atoms with Gasteiger partial charge in [0, 0.05) is 62.2 Å². The van der Waals surface area contributed by atoms with Gasteiger partial charge in [-0.2, -0.15) is 0 Å². The number of benzene rings is 2. The highest BCUT2D eigenvalue weighted by molar-refractivity contribution is 6.36. The highest BCUT2D eigenvalue weighted by Gasteiger charge is 2.36. The Morgan fingerprint density at radius 1 is 1.15 bits per heavy atom. The van der Waals surface area contributed by atoms with Crippen molar-refractivity contribution in [3.05, 3.63) is 96.8 Å². The van der Waals surface area contributed by atoms with Crippen LogP contribution in [0.3, 0.4) is 0 Å². The fraction of sp³-hybridized carbons (Fsp3) is 0.353. The standard InChI is InChI=1S/C34H36ClN5O6/c1-18-21(9-6-12-25(18)37-31(42)24-17-39(2)34(44)40(3)33(24)43)22-10-5-11-23(29(22)35)26-14-19-15-27(41)30(28(19)32(38-26)45-4)36-16-20-8-7-13-46-20/h5-6,9-12,14,17,20,27,30,36,41H,7-8,13,15-16H2,1-4H3,(H,37,42). The second-order valence-electron chi connectivity index (χ2n) is 11.8. The Morgan fingerprint density at radius 2 is 1.89 bits per heavy atom. The van der Waals surface area contributed by atoms with Crippen molar-refractivity contribution in [1.29, 1.82) is 0 Å². The molecule has 6 rings (SSSR count). The molecule has 11 nitrogen and oxygen atoms in total. The number of fused-ring (bicyclic) bond motifs is 1. The van der Waals surface area contributed by atoms with Crippen LogP contribution < -0.4 is 26.6 Å². The summed E-state index contributed by atoms with van der Waals surface area (Å²) in [5.74, 6) is -0.197. The second kappa shape index (κ2) is 12.8. The zero-order valence-corrected chi connectivity index (χ0v) is 26.9. The molecule has 1 aliphatic carbocycles. The first-order chi connectivity index (χ1) is 22.1. The van der Waals surface area contributed by atoms with E-state index in [1.165, 1.54) is 24.9 Å². The van der Waals surface area contributed by atoms with E-state index in [1.807, 2.05) is 37.3 Å². The first-order valence-corrected chi connectivity index (χ1v) is 15.5. The molecular weight excluding hydrogens is 610 g/mol. The van der Waals surface area contributed by atoms with E-state index in [9.17, 15) is 19.5 Å². The number of carbonyl (C=O) groups is 1. The number of hydrogen-bond donors (Lipinski definition) is 3. The van der Waals surface area contributed by atoms with Crippen LogP contribution >= 0.6 is 11.6 Å². The summed E-state index contributed by atoms with van der Waals surface area (Å²) in [4.78, 5) is 42.7. The Hall–Kier alpha value is -4.29. The third-order valence-electron chi connectivity index (χ3n) is 8.85. The number of amides is 1. The Kier molecular flexibility index (Phi) is 8.84. The smallest absolute Gasteiger partial charge is 0.330 e. The first-order valence-electron chi connectivity index (χ1n) is 15.2. The summed E-state index contributed by atoms with van der Waals surface area (Å²) in [6.45, 7) is 3.26. The monoisotopic (exact) mass is 645 g/mol. The lowest BCUT2D eigenvalue weighted by atomic mass is 9.96. The number of aliphatic hydroxyl groups is 1. The van der Waals surface area contributed by atoms with Gasteiger partial charge in [-0.25, -0.2) is 9.78 Å². The van der Waals surface area contributed by atoms with Crippen LogP contribution in [0.25, 0.3) is 22.4 Å². The van der Waals surface area contributed by atoms with Crippen LogP contribution in [0.2, 0.25) is 5.02 Å². The molecule has 1 aliphatic heterocycles. The van der Waals surface area contributed by atoms with Gasteiger partial charge < -0.3 is 29.8 Å². The van der Waals surface area contributed by atoms with Crippen LogP contribution in [0.4, 0.5) is 5.69 Å². The van der Waals surface area contributed by atoms with Gasteiger partial charge in [-0.05, 0) is 48.6 Å². The van der Waals surface area contributed by atoms with E-state index >= 15 is 0 Å². The maximum absolute atomic E-state index is 13.1. The summed E-state index contributed by atoms with van der Waals surface area (Å²) < 4.78 is 13.6. The van der Waals surface area contributed by atoms with Crippen molar-refractivity contribution in [2.24, 2.45) is 14.1 Å². The number of aromatic nitrogens is 3. The van der Waals surface area contributed by atoms with Gasteiger partial charge in [0.2, 0.25) is 5.88 Å². The molecule has 0 bridgehead atoms. The lowest BCUT2D eigenvalue weighted by Crippen LogP contribution is -2.40. The molecule has 0 radical (unpaired) electrons. The fourth-order valence-electron chi connectivity index (χ4n) is 6.37. The third kappa shape index (κ3) is 5.75. The van der Waals surface area contributed by atoms with Gasteiger partial charge in [0.15, 0.2) is 0 Å². The Labute approximate surface area is 270 Å². The van der Waals surface area contributed by atoms with E-state index in [2.05, 4.69) is 10.6 Å². The quantitative estimate of drug-likeness (QED) is 0.264. The zero-order valence-electron chi connectivity index (χ0n) is 26.1. The summed E-state index contributed by atoms with van der Waals surface area (Å²) >= 11 is 7.08. The van der Waals surface area contributed by atoms with Crippen molar-refractivity contribution in [2.75, 3.05) is 25.6 Å². The minimum atomic E-state index is -0.681. The van der Waals surface area contributed by atoms with E-state index < -0.39 is 23.3 Å². The molecule has 12 heteroatoms. The first kappa shape index (κ1) is 31.7. The minimum Gasteiger partial charge on any atom is -0.481 e. The van der Waals surface area contributed by atoms with Crippen LogP contribution in [0.5, 0.6) is 5.88 Å². The number of halogens is 1. The molecule has 46 heavy (non-hydrogen) atoms. The average Bonchev–Trinajstić information content (AvgIpc) is 3.68. The topological polar surface area (TPSA) is 137 Å². The zero-order chi connectivity index (χ0) is 32.7. The van der Waals surface area contributed by atoms with E-state index in [0.29, 0.717) is 40.8 Å². The van der Waals surface area contributed by atoms with E-state index in [1.54, 1.807) is 19.2 Å². The highest BCUT2D eigenvalue weighted by Crippen LogP contribution is 2.43. The molecule has 2 aromatic heterocycles. The molecule has 1 fully saturated rings. The number of anilines is 1. The van der Waals surface area contributed by atoms with Crippen LogP contribution in [-0.4, -0.2) is 57.6 Å². The van der Waals surface area contributed by atoms with Crippen molar-refractivity contribution in [1.82, 2.24) is 19.4 Å². The van der Waals surface area contributed by atoms with Gasteiger partial charge in [0.1, 0.15) is 5.56 Å². The van der Waals surface area contributed by atoms with Crippen LogP contribution in [0.15, 0.2) is 58.3 Å². The largest absolute Gasteiger partial charge is 0.481 e. The van der Waals surface area contributed by atoms with E-state index in [0.717, 1.165) is 51.8 Å². The fourth-order valence-corrected chi connectivity index (χ4v) is 6.69. The molecule has 3 N–H and O–H groups in total. The number of nitrogens with zero attached hydrogens (tertiary/aromatic N) is 3. The molecule has 3 atom stereocenters. The van der Waals surface area contributed by atoms with Crippen LogP contribution in [0.1, 0.15) is 45.9 Å². The number of aryl methyl sites for hydroxylation is 1. The lowest BCUT2D eigenvalue weighted by molar-refractivity contribution is 0.0920. The number of rotatable bonds is 8. The maximum atomic E-state index is 13.1. The summed E-state index contributed by atoms with van der Waals surface area (Å²) in [7, 11) is 4.38. The second-order valence-corrected chi connectivity index (χ2v) is 12.2. The Balaban J connectivity index is 1.32. The summed E-state index contributed by atoms with van der Waals surface area (Å²) in [6.07, 6.45) is 3.22. The molecular formula is C34H36ClN5O6. The number of aliphatic hydroxyl groups excluding tert-OH is 1. The number of carbonyl (C=O) groups excluding carboxylic acids is 1. The molecule has 0 spiro atoms. The van der Waals surface area contributed by atoms with Crippen molar-refractivity contribution < 1.29 is 19.4 Å². The van der Waals surface area contributed by atoms with Gasteiger partial charge in [-0.1, -0.05) is 41.9 Å². The van der Waals surface area contributed by atoms with Gasteiger partial charge in [0.05, 0.1) is 36.1 Å². The predicted octanol–water partition coefficient (Wildman–Crippen LogP) is 3.76. The summed E-state index contributed by atoms with van der Waals surface area (Å²) in [5.41, 5.74) is 4.46. The van der Waals surface area contributed by atoms with Crippen LogP contribution in [0, 0.1) is 6.92 Å². The van der Waals surface area contributed by atoms with E-state index in [-0.39, 0.29) is 17.7 Å². The Bertz CT molecular complexity index is 1950. The molecule has 1 amide bonds. The third-order valence-corrected chi connectivity index (χ3v) is 9.26. The summed E-state index contributed by atoms with van der Waals surface area (Å²) in [6, 6.07) is 12.7.